The smallest absolute Gasteiger partial charge is 0.303 e. The number of aliphatic imine (C=N–C) groups is 2. The molecule has 10 heteroatoms. The number of thioether (sulfide) groups is 1. The molecule has 0 bridgehead atoms. The molecule has 0 aromatic rings. The van der Waals surface area contributed by atoms with E-state index in [0.29, 0.717) is 43.4 Å². The molecule has 3 heterocycles. The number of carboxylic acid groups (broad SMARTS) is 1. The second-order valence-corrected chi connectivity index (χ2v) is 13.4. The van der Waals surface area contributed by atoms with Crippen LogP contribution in [-0.4, -0.2) is 74.6 Å². The minimum atomic E-state index is -0.806. The van der Waals surface area contributed by atoms with Crippen molar-refractivity contribution in [3.8, 4) is 0 Å². The summed E-state index contributed by atoms with van der Waals surface area (Å²) in [5, 5.41) is 15.3. The number of halogens is 1. The van der Waals surface area contributed by atoms with Crippen molar-refractivity contribution in [2.24, 2.45) is 27.0 Å². The molecule has 7 unspecified atom stereocenters. The monoisotopic (exact) mass is 576 g/mol. The third kappa shape index (κ3) is 6.73. The zero-order valence-electron chi connectivity index (χ0n) is 23.8. The molecule has 40 heavy (non-hydrogen) atoms. The first kappa shape index (κ1) is 29.5. The molecule has 5 rings (SSSR count). The standard InChI is InChI=1S/C30H45FN4O4S/c1-2-8-20(9-7-16-31)35-27(12-5-6-13-28(36)37)32-24-17-19(14-15-21(24)30(35)38)23-18-25(39-34-23)29-33-22-10-3-4-11-26(22)40-29/h19-22,24-26H,2-18H2,1H3,(H,36,37). The lowest BCUT2D eigenvalue weighted by Crippen LogP contribution is -2.55. The van der Waals surface area contributed by atoms with Crippen LogP contribution >= 0.6 is 11.8 Å². The van der Waals surface area contributed by atoms with E-state index < -0.39 is 12.6 Å². The Bertz CT molecular complexity index is 1020. The molecule has 0 aromatic carbocycles. The number of carbonyl (C=O) groups excluding carboxylic acids is 1. The number of alkyl halides is 1. The van der Waals surface area contributed by atoms with Crippen LogP contribution in [0.4, 0.5) is 4.39 Å². The first-order chi connectivity index (χ1) is 19.5. The van der Waals surface area contributed by atoms with Gasteiger partial charge in [-0.3, -0.25) is 28.9 Å². The predicted molar refractivity (Wildman–Crippen MR) is 157 cm³/mol. The van der Waals surface area contributed by atoms with Gasteiger partial charge in [0, 0.05) is 36.5 Å². The zero-order valence-corrected chi connectivity index (χ0v) is 24.6. The Hall–Kier alpha value is -1.97. The fraction of sp³-hybridized carbons (Fsp3) is 0.833. The number of rotatable bonds is 13. The van der Waals surface area contributed by atoms with Gasteiger partial charge in [0.25, 0.3) is 0 Å². The number of carboxylic acids is 1. The number of unbranched alkanes of at least 4 members (excludes halogenated alkanes) is 1. The third-order valence-corrected chi connectivity index (χ3v) is 10.8. The van der Waals surface area contributed by atoms with Crippen LogP contribution < -0.4 is 0 Å². The maximum absolute atomic E-state index is 14.0. The van der Waals surface area contributed by atoms with Gasteiger partial charge < -0.3 is 9.94 Å². The Morgan fingerprint density at radius 1 is 1.12 bits per heavy atom. The number of nitrogens with zero attached hydrogens (tertiary/aromatic N) is 4. The first-order valence-electron chi connectivity index (χ1n) is 15.6. The normalized spacial score (nSPS) is 32.5. The number of amidine groups is 1. The lowest BCUT2D eigenvalue weighted by Gasteiger charge is -2.44. The van der Waals surface area contributed by atoms with Gasteiger partial charge in [-0.2, -0.15) is 0 Å². The van der Waals surface area contributed by atoms with E-state index in [1.165, 1.54) is 25.7 Å². The van der Waals surface area contributed by atoms with Gasteiger partial charge in [-0.15, -0.1) is 11.8 Å². The van der Waals surface area contributed by atoms with Gasteiger partial charge in [-0.05, 0) is 64.2 Å². The number of hydrogen-bond acceptors (Lipinski definition) is 7. The SMILES string of the molecule is CCCC(CCCF)N1C(=O)C2CCC(C3=NOC(C4=NC5CCCCC5S4)C3)CC2N=C1CCCCC(=O)O. The van der Waals surface area contributed by atoms with E-state index in [0.717, 1.165) is 55.1 Å². The van der Waals surface area contributed by atoms with E-state index in [9.17, 15) is 14.0 Å². The Kier molecular flexibility index (Phi) is 10.2. The Balaban J connectivity index is 1.26. The van der Waals surface area contributed by atoms with Crippen LogP contribution in [0.3, 0.4) is 0 Å². The van der Waals surface area contributed by atoms with Crippen LogP contribution in [0.5, 0.6) is 0 Å². The number of carbonyl (C=O) groups is 2. The summed E-state index contributed by atoms with van der Waals surface area (Å²) >= 11 is 1.90. The summed E-state index contributed by atoms with van der Waals surface area (Å²) in [4.78, 5) is 43.0. The highest BCUT2D eigenvalue weighted by atomic mass is 32.2. The fourth-order valence-corrected chi connectivity index (χ4v) is 8.69. The molecular formula is C30H45FN4O4S. The molecule has 7 atom stereocenters. The van der Waals surface area contributed by atoms with E-state index in [-0.39, 0.29) is 42.4 Å². The molecule has 0 saturated heterocycles. The van der Waals surface area contributed by atoms with E-state index in [1.807, 2.05) is 16.7 Å². The molecule has 1 N–H and O–H groups in total. The van der Waals surface area contributed by atoms with Crippen molar-refractivity contribution >= 4 is 40.2 Å². The van der Waals surface area contributed by atoms with Gasteiger partial charge in [-0.25, -0.2) is 0 Å². The Labute approximate surface area is 241 Å². The van der Waals surface area contributed by atoms with E-state index in [2.05, 4.69) is 12.1 Å². The second kappa shape index (κ2) is 13.8. The van der Waals surface area contributed by atoms with Crippen molar-refractivity contribution in [1.82, 2.24) is 4.90 Å². The summed E-state index contributed by atoms with van der Waals surface area (Å²) in [5.41, 5.74) is 1.08. The highest BCUT2D eigenvalue weighted by Crippen LogP contribution is 2.42. The van der Waals surface area contributed by atoms with Gasteiger partial charge >= 0.3 is 5.97 Å². The molecular weight excluding hydrogens is 531 g/mol. The molecule has 2 saturated carbocycles. The molecule has 2 aliphatic carbocycles. The van der Waals surface area contributed by atoms with Crippen molar-refractivity contribution < 1.29 is 23.9 Å². The highest BCUT2D eigenvalue weighted by molar-refractivity contribution is 8.14. The fourth-order valence-electron chi connectivity index (χ4n) is 7.26. The van der Waals surface area contributed by atoms with E-state index in [4.69, 9.17) is 19.9 Å². The highest BCUT2D eigenvalue weighted by Gasteiger charge is 2.46. The average Bonchev–Trinajstić information content (AvgIpc) is 3.61. The molecule has 0 aromatic heterocycles. The van der Waals surface area contributed by atoms with Gasteiger partial charge in [-0.1, -0.05) is 31.3 Å². The Morgan fingerprint density at radius 3 is 2.75 bits per heavy atom. The van der Waals surface area contributed by atoms with Crippen LogP contribution in [0.2, 0.25) is 0 Å². The van der Waals surface area contributed by atoms with Crippen LogP contribution in [-0.2, 0) is 14.4 Å². The maximum atomic E-state index is 14.0. The molecule has 2 fully saturated rings. The van der Waals surface area contributed by atoms with E-state index in [1.54, 1.807) is 0 Å². The molecule has 222 valence electrons. The molecule has 1 amide bonds. The molecule has 0 radical (unpaired) electrons. The number of oxime groups is 1. The van der Waals surface area contributed by atoms with Crippen LogP contribution in [0.15, 0.2) is 15.1 Å². The van der Waals surface area contributed by atoms with Crippen molar-refractivity contribution in [3.63, 3.8) is 0 Å². The van der Waals surface area contributed by atoms with Gasteiger partial charge in [0.15, 0.2) is 6.10 Å². The minimum Gasteiger partial charge on any atom is -0.481 e. The van der Waals surface area contributed by atoms with Crippen molar-refractivity contribution in [2.75, 3.05) is 6.67 Å². The molecule has 8 nitrogen and oxygen atoms in total. The third-order valence-electron chi connectivity index (χ3n) is 9.33. The summed E-state index contributed by atoms with van der Waals surface area (Å²) in [6, 6.07) is 0.299. The summed E-state index contributed by atoms with van der Waals surface area (Å²) < 4.78 is 13.1. The van der Waals surface area contributed by atoms with Gasteiger partial charge in [0.2, 0.25) is 5.91 Å². The Morgan fingerprint density at radius 2 is 1.98 bits per heavy atom. The summed E-state index contributed by atoms with van der Waals surface area (Å²) in [7, 11) is 0. The van der Waals surface area contributed by atoms with Crippen LogP contribution in [0.1, 0.15) is 110 Å². The minimum absolute atomic E-state index is 0.0492. The molecule has 0 spiro atoms. The number of hydrogen-bond donors (Lipinski definition) is 1. The van der Waals surface area contributed by atoms with Gasteiger partial charge in [0.05, 0.1) is 30.4 Å². The lowest BCUT2D eigenvalue weighted by molar-refractivity contribution is -0.138. The second-order valence-electron chi connectivity index (χ2n) is 12.2. The number of aliphatic carboxylic acids is 1. The van der Waals surface area contributed by atoms with Crippen molar-refractivity contribution in [1.29, 1.82) is 0 Å². The first-order valence-corrected chi connectivity index (χ1v) is 16.5. The van der Waals surface area contributed by atoms with Crippen LogP contribution in [0.25, 0.3) is 0 Å². The lowest BCUT2D eigenvalue weighted by atomic mass is 9.74. The molecule has 5 aliphatic rings. The van der Waals surface area contributed by atoms with E-state index >= 15 is 0 Å². The predicted octanol–water partition coefficient (Wildman–Crippen LogP) is 6.18. The zero-order chi connectivity index (χ0) is 28.1. The maximum Gasteiger partial charge on any atom is 0.303 e. The number of fused-ring (bicyclic) bond motifs is 2. The summed E-state index contributed by atoms with van der Waals surface area (Å²) in [6.07, 6.45) is 12.8. The summed E-state index contributed by atoms with van der Waals surface area (Å²) in [5.74, 6) is 0.191. The topological polar surface area (TPSA) is 104 Å². The molecule has 3 aliphatic heterocycles. The van der Waals surface area contributed by atoms with Gasteiger partial charge in [0.1, 0.15) is 10.9 Å². The van der Waals surface area contributed by atoms with Crippen molar-refractivity contribution in [3.05, 3.63) is 0 Å². The van der Waals surface area contributed by atoms with Crippen LogP contribution in [0, 0.1) is 11.8 Å². The number of amides is 1. The van der Waals surface area contributed by atoms with Crippen molar-refractivity contribution in [2.45, 2.75) is 139 Å². The largest absolute Gasteiger partial charge is 0.481 e. The quantitative estimate of drug-likeness (QED) is 0.264. The summed E-state index contributed by atoms with van der Waals surface area (Å²) in [6.45, 7) is 1.70. The average molecular weight is 577 g/mol.